The number of nitrogens with zero attached hydrogens (tertiary/aromatic N) is 4. The van der Waals surface area contributed by atoms with Crippen LogP contribution in [0, 0.1) is 18.2 Å². The Bertz CT molecular complexity index is 1690. The second kappa shape index (κ2) is 10.6. The van der Waals surface area contributed by atoms with Gasteiger partial charge in [-0.05, 0) is 49.0 Å². The lowest BCUT2D eigenvalue weighted by molar-refractivity contribution is 0.107. The smallest absolute Gasteiger partial charge is 0.319 e. The first-order valence-electron chi connectivity index (χ1n) is 13.4. The van der Waals surface area contributed by atoms with Crippen molar-refractivity contribution in [3.05, 3.63) is 41.7 Å². The van der Waals surface area contributed by atoms with E-state index in [1.807, 2.05) is 0 Å². The van der Waals surface area contributed by atoms with Gasteiger partial charge in [0.15, 0.2) is 0 Å². The average molecular weight is 562 g/mol. The number of hydrogen-bond donors (Lipinski definition) is 3. The van der Waals surface area contributed by atoms with Crippen LogP contribution in [0.5, 0.6) is 17.6 Å². The van der Waals surface area contributed by atoms with Crippen LogP contribution in [0.2, 0.25) is 0 Å². The number of terminal acetylenes is 1. The van der Waals surface area contributed by atoms with Crippen LogP contribution in [0.3, 0.4) is 0 Å². The molecule has 4 aromatic rings. The van der Waals surface area contributed by atoms with Crippen molar-refractivity contribution >= 4 is 27.5 Å². The number of nitrogens with one attached hydrogen (secondary N) is 1. The number of methoxy groups -OCH3 is 1. The molecule has 11 heteroatoms. The fraction of sp³-hybridized carbons (Fsp3) is 0.367. The van der Waals surface area contributed by atoms with Gasteiger partial charge in [0, 0.05) is 30.5 Å². The molecule has 0 spiro atoms. The number of fused-ring (bicyclic) bond motifs is 3. The van der Waals surface area contributed by atoms with Crippen molar-refractivity contribution in [1.29, 1.82) is 0 Å². The second-order valence-electron chi connectivity index (χ2n) is 10.4. The lowest BCUT2D eigenvalue weighted by Gasteiger charge is -2.30. The number of ether oxygens (including phenoxy) is 2. The van der Waals surface area contributed by atoms with E-state index in [4.69, 9.17) is 15.9 Å². The zero-order valence-electron chi connectivity index (χ0n) is 22.5. The van der Waals surface area contributed by atoms with E-state index < -0.39 is 17.5 Å². The molecule has 3 N–H and O–H groups in total. The molecule has 0 radical (unpaired) electrons. The number of halogens is 2. The quantitative estimate of drug-likeness (QED) is 0.275. The van der Waals surface area contributed by atoms with Crippen molar-refractivity contribution in [1.82, 2.24) is 19.9 Å². The molecule has 2 aromatic heterocycles. The van der Waals surface area contributed by atoms with Crippen LogP contribution in [0.25, 0.3) is 32.9 Å². The number of hydrogen-bond acceptors (Lipinski definition) is 9. The number of alkyl halides is 1. The van der Waals surface area contributed by atoms with Crippen molar-refractivity contribution in [3.8, 4) is 41.2 Å². The molecule has 0 unspecified atom stereocenters. The molecular weight excluding hydrogens is 532 g/mol. The summed E-state index contributed by atoms with van der Waals surface area (Å²) < 4.78 is 40.8. The van der Waals surface area contributed by atoms with Crippen molar-refractivity contribution < 1.29 is 28.5 Å². The van der Waals surface area contributed by atoms with Crippen LogP contribution >= 0.6 is 0 Å². The number of phenolic OH excluding ortho intramolecular Hbond substituents is 1. The van der Waals surface area contributed by atoms with Crippen LogP contribution in [-0.2, 0) is 0 Å². The minimum atomic E-state index is -0.897. The number of aromatic hydroxyl groups is 1. The first-order chi connectivity index (χ1) is 19.9. The average Bonchev–Trinajstić information content (AvgIpc) is 3.49. The molecule has 2 aliphatic heterocycles. The van der Waals surface area contributed by atoms with Gasteiger partial charge in [-0.2, -0.15) is 9.97 Å². The molecule has 6 rings (SSSR count). The van der Waals surface area contributed by atoms with Gasteiger partial charge in [0.05, 0.1) is 36.0 Å². The Labute approximate surface area is 235 Å². The van der Waals surface area contributed by atoms with E-state index >= 15 is 0 Å². The third-order valence-electron chi connectivity index (χ3n) is 7.93. The Morgan fingerprint density at radius 3 is 2.85 bits per heavy atom. The molecule has 2 saturated heterocycles. The Kier molecular flexibility index (Phi) is 6.97. The van der Waals surface area contributed by atoms with Gasteiger partial charge in [-0.15, -0.1) is 6.42 Å². The third kappa shape index (κ3) is 4.73. The summed E-state index contributed by atoms with van der Waals surface area (Å²) in [4.78, 5) is 16.0. The highest BCUT2D eigenvalue weighted by molar-refractivity contribution is 6.03. The highest BCUT2D eigenvalue weighted by atomic mass is 19.1. The maximum Gasteiger partial charge on any atom is 0.319 e. The highest BCUT2D eigenvalue weighted by Gasteiger charge is 2.49. The highest BCUT2D eigenvalue weighted by Crippen LogP contribution is 2.42. The fourth-order valence-electron chi connectivity index (χ4n) is 6.17. The number of aromatic nitrogens is 3. The molecule has 0 amide bonds. The molecule has 2 aliphatic rings. The van der Waals surface area contributed by atoms with E-state index in [0.717, 1.165) is 19.4 Å². The molecule has 0 bridgehead atoms. The predicted molar refractivity (Wildman–Crippen MR) is 151 cm³/mol. The SMILES string of the molecule is C#Cc1c(F)ccc2cc(O)cc(-c3cc4nc(OC[C@@]56CCCN5C[C@H](F)C6)nc(NCCO)c4c(OC)n3)c12. The molecule has 212 valence electrons. The van der Waals surface area contributed by atoms with Gasteiger partial charge < -0.3 is 25.0 Å². The summed E-state index contributed by atoms with van der Waals surface area (Å²) in [5.41, 5.74) is 0.750. The molecular formula is C30H29F2N5O4. The monoisotopic (exact) mass is 561 g/mol. The van der Waals surface area contributed by atoms with E-state index in [1.165, 1.54) is 31.4 Å². The molecule has 2 aromatic carbocycles. The summed E-state index contributed by atoms with van der Waals surface area (Å²) in [6.07, 6.45) is 6.98. The van der Waals surface area contributed by atoms with E-state index in [1.54, 1.807) is 6.07 Å². The largest absolute Gasteiger partial charge is 0.508 e. The molecule has 2 fully saturated rings. The molecule has 0 saturated carbocycles. The van der Waals surface area contributed by atoms with E-state index in [-0.39, 0.29) is 43.0 Å². The first-order valence-corrected chi connectivity index (χ1v) is 13.4. The van der Waals surface area contributed by atoms with Crippen LogP contribution in [-0.4, -0.2) is 81.7 Å². The standard InChI is InChI=1S/C30H29F2N5O4/c1-3-20-22(32)6-5-17-11-19(39)12-21(25(17)20)23-13-24-26(28(34-23)40-2)27(33-8-10-38)36-29(35-24)41-16-30-7-4-9-37(30)15-18(31)14-30/h1,5-6,11-13,18,38-39H,4,7-10,14-16H2,2H3,(H,33,35,36)/t18-,30+/m1/s1. The predicted octanol–water partition coefficient (Wildman–Crippen LogP) is 4.04. The van der Waals surface area contributed by atoms with Gasteiger partial charge in [-0.25, -0.2) is 13.8 Å². The van der Waals surface area contributed by atoms with Crippen LogP contribution in [0.15, 0.2) is 30.3 Å². The van der Waals surface area contributed by atoms with Gasteiger partial charge >= 0.3 is 6.01 Å². The zero-order valence-corrected chi connectivity index (χ0v) is 22.5. The van der Waals surface area contributed by atoms with Crippen molar-refractivity contribution in [2.24, 2.45) is 0 Å². The first kappa shape index (κ1) is 26.9. The number of aliphatic hydroxyl groups excluding tert-OH is 1. The number of rotatable bonds is 8. The topological polar surface area (TPSA) is 113 Å². The van der Waals surface area contributed by atoms with Gasteiger partial charge in [0.25, 0.3) is 0 Å². The zero-order chi connectivity index (χ0) is 28.7. The summed E-state index contributed by atoms with van der Waals surface area (Å²) in [5.74, 6) is 2.29. The van der Waals surface area contributed by atoms with Gasteiger partial charge in [-0.1, -0.05) is 12.0 Å². The Morgan fingerprint density at radius 2 is 2.07 bits per heavy atom. The second-order valence-corrected chi connectivity index (χ2v) is 10.4. The summed E-state index contributed by atoms with van der Waals surface area (Å²) in [7, 11) is 1.44. The Balaban J connectivity index is 1.50. The lowest BCUT2D eigenvalue weighted by Crippen LogP contribution is -2.43. The summed E-state index contributed by atoms with van der Waals surface area (Å²) in [6, 6.07) is 7.47. The summed E-state index contributed by atoms with van der Waals surface area (Å²) in [5, 5.41) is 24.4. The molecule has 2 atom stereocenters. The lowest BCUT2D eigenvalue weighted by atomic mass is 9.95. The van der Waals surface area contributed by atoms with Crippen molar-refractivity contribution in [2.45, 2.75) is 31.0 Å². The Hall–Kier alpha value is -4.27. The van der Waals surface area contributed by atoms with E-state index in [0.29, 0.717) is 51.7 Å². The number of anilines is 1. The number of benzene rings is 2. The molecule has 4 heterocycles. The summed E-state index contributed by atoms with van der Waals surface area (Å²) in [6.45, 7) is 1.50. The van der Waals surface area contributed by atoms with Crippen molar-refractivity contribution in [3.63, 3.8) is 0 Å². The maximum atomic E-state index is 14.7. The normalized spacial score (nSPS) is 20.3. The van der Waals surface area contributed by atoms with Gasteiger partial charge in [0.1, 0.15) is 35.5 Å². The minimum absolute atomic E-state index is 0.0403. The third-order valence-corrected chi connectivity index (χ3v) is 7.93. The number of pyridine rings is 1. The van der Waals surface area contributed by atoms with Crippen molar-refractivity contribution in [2.75, 3.05) is 45.3 Å². The molecule has 41 heavy (non-hydrogen) atoms. The van der Waals surface area contributed by atoms with Crippen LogP contribution in [0.1, 0.15) is 24.8 Å². The molecule has 0 aliphatic carbocycles. The Morgan fingerprint density at radius 1 is 1.22 bits per heavy atom. The van der Waals surface area contributed by atoms with Crippen LogP contribution < -0.4 is 14.8 Å². The van der Waals surface area contributed by atoms with Gasteiger partial charge in [0.2, 0.25) is 5.88 Å². The number of phenols is 1. The minimum Gasteiger partial charge on any atom is -0.508 e. The summed E-state index contributed by atoms with van der Waals surface area (Å²) >= 11 is 0. The van der Waals surface area contributed by atoms with Gasteiger partial charge in [-0.3, -0.25) is 4.90 Å². The van der Waals surface area contributed by atoms with E-state index in [9.17, 15) is 19.0 Å². The van der Waals surface area contributed by atoms with Crippen LogP contribution in [0.4, 0.5) is 14.6 Å². The number of aliphatic hydroxyl groups is 1. The van der Waals surface area contributed by atoms with E-state index in [2.05, 4.69) is 31.1 Å². The molecule has 9 nitrogen and oxygen atoms in total. The maximum absolute atomic E-state index is 14.7. The fourth-order valence-corrected chi connectivity index (χ4v) is 6.17.